The van der Waals surface area contributed by atoms with Gasteiger partial charge in [0, 0.05) is 5.69 Å². The van der Waals surface area contributed by atoms with Crippen molar-refractivity contribution in [1.29, 1.82) is 0 Å². The Kier molecular flexibility index (Phi) is 3.78. The van der Waals surface area contributed by atoms with Crippen LogP contribution in [0.4, 0.5) is 10.5 Å². The van der Waals surface area contributed by atoms with Crippen molar-refractivity contribution < 1.29 is 9.53 Å². The predicted molar refractivity (Wildman–Crippen MR) is 90.7 cm³/mol. The Bertz CT molecular complexity index is 698. The van der Waals surface area contributed by atoms with Gasteiger partial charge in [-0.3, -0.25) is 5.32 Å². The maximum absolute atomic E-state index is 12.0. The first-order valence-corrected chi connectivity index (χ1v) is 8.42. The Morgan fingerprint density at radius 3 is 2.61 bits per heavy atom. The SMILES string of the molecule is O=C(Nc1ccccc1)Oc1cccc([C@@H]2C[C@H]3CC[C@H]2C3)c1. The fraction of sp³-hybridized carbons (Fsp3) is 0.350. The Morgan fingerprint density at radius 1 is 1.00 bits per heavy atom. The summed E-state index contributed by atoms with van der Waals surface area (Å²) in [6, 6.07) is 17.4. The lowest BCUT2D eigenvalue weighted by molar-refractivity contribution is 0.215. The molecular formula is C20H21NO2. The molecule has 0 saturated heterocycles. The van der Waals surface area contributed by atoms with E-state index in [9.17, 15) is 4.79 Å². The summed E-state index contributed by atoms with van der Waals surface area (Å²) in [5, 5.41) is 2.75. The highest BCUT2D eigenvalue weighted by atomic mass is 16.6. The number of hydrogen-bond donors (Lipinski definition) is 1. The fourth-order valence-corrected chi connectivity index (χ4v) is 4.23. The second-order valence-electron chi connectivity index (χ2n) is 6.73. The van der Waals surface area contributed by atoms with E-state index in [1.807, 2.05) is 48.5 Å². The first kappa shape index (κ1) is 14.3. The van der Waals surface area contributed by atoms with E-state index in [2.05, 4.69) is 11.4 Å². The molecule has 2 aromatic carbocycles. The summed E-state index contributed by atoms with van der Waals surface area (Å²) in [4.78, 5) is 12.0. The van der Waals surface area contributed by atoms with E-state index in [0.717, 1.165) is 17.5 Å². The highest BCUT2D eigenvalue weighted by molar-refractivity contribution is 5.86. The van der Waals surface area contributed by atoms with Gasteiger partial charge in [-0.1, -0.05) is 36.8 Å². The standard InChI is InChI=1S/C20H21NO2/c22-20(21-17-6-2-1-3-7-17)23-18-8-4-5-15(13-18)19-12-14-9-10-16(19)11-14/h1-8,13-14,16,19H,9-12H2,(H,21,22)/t14-,16-,19-/m0/s1. The van der Waals surface area contributed by atoms with Crippen LogP contribution in [0.3, 0.4) is 0 Å². The molecule has 0 aromatic heterocycles. The number of amides is 1. The maximum atomic E-state index is 12.0. The molecule has 3 atom stereocenters. The molecule has 23 heavy (non-hydrogen) atoms. The number of para-hydroxylation sites is 1. The minimum absolute atomic E-state index is 0.443. The summed E-state index contributed by atoms with van der Waals surface area (Å²) in [5.41, 5.74) is 2.06. The minimum Gasteiger partial charge on any atom is -0.410 e. The fourth-order valence-electron chi connectivity index (χ4n) is 4.23. The van der Waals surface area contributed by atoms with Gasteiger partial charge in [0.2, 0.25) is 0 Å². The minimum atomic E-state index is -0.443. The molecule has 3 heteroatoms. The second kappa shape index (κ2) is 6.07. The van der Waals surface area contributed by atoms with E-state index in [-0.39, 0.29) is 0 Å². The van der Waals surface area contributed by atoms with Crippen LogP contribution in [0.25, 0.3) is 0 Å². The third-order valence-electron chi connectivity index (χ3n) is 5.26. The van der Waals surface area contributed by atoms with E-state index in [4.69, 9.17) is 4.74 Å². The van der Waals surface area contributed by atoms with Gasteiger partial charge in [0.05, 0.1) is 0 Å². The van der Waals surface area contributed by atoms with Gasteiger partial charge in [-0.2, -0.15) is 0 Å². The van der Waals surface area contributed by atoms with Gasteiger partial charge in [-0.25, -0.2) is 4.79 Å². The molecule has 0 radical (unpaired) electrons. The molecule has 2 saturated carbocycles. The summed E-state index contributed by atoms with van der Waals surface area (Å²) >= 11 is 0. The van der Waals surface area contributed by atoms with Crippen LogP contribution in [0, 0.1) is 11.8 Å². The van der Waals surface area contributed by atoms with E-state index >= 15 is 0 Å². The molecule has 118 valence electrons. The lowest BCUT2D eigenvalue weighted by atomic mass is 9.83. The number of carbonyl (C=O) groups excluding carboxylic acids is 1. The summed E-state index contributed by atoms with van der Waals surface area (Å²) in [6.45, 7) is 0. The van der Waals surface area contributed by atoms with Crippen LogP contribution in [0.1, 0.15) is 37.2 Å². The smallest absolute Gasteiger partial charge is 0.410 e. The zero-order chi connectivity index (χ0) is 15.6. The van der Waals surface area contributed by atoms with E-state index < -0.39 is 6.09 Å². The number of hydrogen-bond acceptors (Lipinski definition) is 2. The molecule has 2 aliphatic carbocycles. The first-order chi connectivity index (χ1) is 11.3. The molecule has 2 fully saturated rings. The summed E-state index contributed by atoms with van der Waals surface area (Å²) in [5.74, 6) is 3.01. The number of benzene rings is 2. The van der Waals surface area contributed by atoms with Crippen LogP contribution in [-0.2, 0) is 0 Å². The average molecular weight is 307 g/mol. The van der Waals surface area contributed by atoms with Crippen molar-refractivity contribution in [3.05, 3.63) is 60.2 Å². The third kappa shape index (κ3) is 3.09. The molecule has 1 N–H and O–H groups in total. The Balaban J connectivity index is 1.43. The molecule has 0 heterocycles. The number of nitrogens with one attached hydrogen (secondary N) is 1. The molecule has 4 rings (SSSR count). The molecule has 0 aliphatic heterocycles. The topological polar surface area (TPSA) is 38.3 Å². The number of ether oxygens (including phenoxy) is 1. The third-order valence-corrected chi connectivity index (χ3v) is 5.26. The maximum Gasteiger partial charge on any atom is 0.417 e. The zero-order valence-electron chi connectivity index (χ0n) is 13.1. The second-order valence-corrected chi connectivity index (χ2v) is 6.73. The molecule has 2 bridgehead atoms. The Hall–Kier alpha value is -2.29. The van der Waals surface area contributed by atoms with Gasteiger partial charge >= 0.3 is 6.09 Å². The lowest BCUT2D eigenvalue weighted by Gasteiger charge is -2.22. The van der Waals surface area contributed by atoms with Gasteiger partial charge in [-0.05, 0) is 66.8 Å². The van der Waals surface area contributed by atoms with Gasteiger partial charge < -0.3 is 4.74 Å². The average Bonchev–Trinajstić information content (AvgIpc) is 3.19. The molecule has 0 spiro atoms. The molecular weight excluding hydrogens is 286 g/mol. The molecule has 2 aromatic rings. The van der Waals surface area contributed by atoms with E-state index in [1.54, 1.807) is 0 Å². The van der Waals surface area contributed by atoms with Crippen molar-refractivity contribution in [2.75, 3.05) is 5.32 Å². The van der Waals surface area contributed by atoms with Crippen molar-refractivity contribution >= 4 is 11.8 Å². The summed E-state index contributed by atoms with van der Waals surface area (Å²) < 4.78 is 5.45. The van der Waals surface area contributed by atoms with E-state index in [0.29, 0.717) is 11.7 Å². The van der Waals surface area contributed by atoms with E-state index in [1.165, 1.54) is 31.2 Å². The highest BCUT2D eigenvalue weighted by Crippen LogP contribution is 2.53. The molecule has 0 unspecified atom stereocenters. The van der Waals surface area contributed by atoms with Gasteiger partial charge in [0.25, 0.3) is 0 Å². The van der Waals surface area contributed by atoms with Crippen LogP contribution in [0.5, 0.6) is 5.75 Å². The molecule has 2 aliphatic rings. The van der Waals surface area contributed by atoms with Crippen LogP contribution in [-0.4, -0.2) is 6.09 Å². The van der Waals surface area contributed by atoms with Crippen LogP contribution < -0.4 is 10.1 Å². The Labute approximate surface area is 136 Å². The van der Waals surface area contributed by atoms with Crippen molar-refractivity contribution in [1.82, 2.24) is 0 Å². The van der Waals surface area contributed by atoms with Crippen LogP contribution >= 0.6 is 0 Å². The van der Waals surface area contributed by atoms with Crippen molar-refractivity contribution in [3.63, 3.8) is 0 Å². The number of rotatable bonds is 3. The zero-order valence-corrected chi connectivity index (χ0v) is 13.1. The van der Waals surface area contributed by atoms with Gasteiger partial charge in [0.15, 0.2) is 0 Å². The van der Waals surface area contributed by atoms with Crippen LogP contribution in [0.2, 0.25) is 0 Å². The van der Waals surface area contributed by atoms with Gasteiger partial charge in [-0.15, -0.1) is 0 Å². The lowest BCUT2D eigenvalue weighted by Crippen LogP contribution is -2.17. The molecule has 3 nitrogen and oxygen atoms in total. The van der Waals surface area contributed by atoms with Crippen molar-refractivity contribution in [3.8, 4) is 5.75 Å². The predicted octanol–water partition coefficient (Wildman–Crippen LogP) is 5.20. The highest BCUT2D eigenvalue weighted by Gasteiger charge is 2.40. The summed E-state index contributed by atoms with van der Waals surface area (Å²) in [7, 11) is 0. The molecule has 1 amide bonds. The van der Waals surface area contributed by atoms with Crippen LogP contribution in [0.15, 0.2) is 54.6 Å². The summed E-state index contributed by atoms with van der Waals surface area (Å²) in [6.07, 6.45) is 4.99. The quantitative estimate of drug-likeness (QED) is 0.846. The van der Waals surface area contributed by atoms with Gasteiger partial charge in [0.1, 0.15) is 5.75 Å². The normalized spacial score (nSPS) is 25.3. The Morgan fingerprint density at radius 2 is 1.87 bits per heavy atom. The number of anilines is 1. The first-order valence-electron chi connectivity index (χ1n) is 8.42. The van der Waals surface area contributed by atoms with Crippen molar-refractivity contribution in [2.45, 2.75) is 31.6 Å². The number of carbonyl (C=O) groups is 1. The van der Waals surface area contributed by atoms with Crippen molar-refractivity contribution in [2.24, 2.45) is 11.8 Å². The number of fused-ring (bicyclic) bond motifs is 2. The largest absolute Gasteiger partial charge is 0.417 e. The monoisotopic (exact) mass is 307 g/mol.